The van der Waals surface area contributed by atoms with E-state index in [9.17, 15) is 19.3 Å². The highest BCUT2D eigenvalue weighted by Gasteiger charge is 2.25. The van der Waals surface area contributed by atoms with Crippen molar-refractivity contribution >= 4 is 27.6 Å². The number of hydrogen-bond donors (Lipinski definition) is 1. The minimum Gasteiger partial charge on any atom is -0.476 e. The summed E-state index contributed by atoms with van der Waals surface area (Å²) in [6.07, 6.45) is 1.00. The molecule has 2 rings (SSSR count). The normalized spacial score (nSPS) is 10.5. The maximum atomic E-state index is 13.2. The number of aromatic nitrogens is 2. The molecule has 1 aromatic carbocycles. The standard InChI is InChI=1S/C11H7BrFN3O4/c12-7-1-6(2-8(13)3-7)4-15-5-9(16(19)20)10(14-15)11(17)18/h1-3,5H,4H2,(H,17,18). The fourth-order valence-electron chi connectivity index (χ4n) is 1.67. The number of nitrogens with zero attached hydrogens (tertiary/aromatic N) is 3. The van der Waals surface area contributed by atoms with Crippen LogP contribution in [0, 0.1) is 15.9 Å². The van der Waals surface area contributed by atoms with Crippen LogP contribution in [0.3, 0.4) is 0 Å². The van der Waals surface area contributed by atoms with E-state index in [0.29, 0.717) is 10.0 Å². The van der Waals surface area contributed by atoms with Crippen LogP contribution in [0.2, 0.25) is 0 Å². The zero-order chi connectivity index (χ0) is 14.9. The Morgan fingerprint density at radius 2 is 2.20 bits per heavy atom. The Labute approximate surface area is 119 Å². The first-order valence-corrected chi connectivity index (χ1v) is 6.06. The molecule has 104 valence electrons. The van der Waals surface area contributed by atoms with E-state index < -0.39 is 28.1 Å². The number of benzene rings is 1. The van der Waals surface area contributed by atoms with Crippen LogP contribution in [0.5, 0.6) is 0 Å². The van der Waals surface area contributed by atoms with Crippen molar-refractivity contribution in [1.29, 1.82) is 0 Å². The molecule has 1 aromatic heterocycles. The van der Waals surface area contributed by atoms with Gasteiger partial charge in [0.2, 0.25) is 5.69 Å². The third-order valence-electron chi connectivity index (χ3n) is 2.41. The summed E-state index contributed by atoms with van der Waals surface area (Å²) in [5.74, 6) is -1.97. The van der Waals surface area contributed by atoms with Crippen LogP contribution in [0.1, 0.15) is 16.1 Å². The van der Waals surface area contributed by atoms with Crippen molar-refractivity contribution < 1.29 is 19.2 Å². The van der Waals surface area contributed by atoms with Crippen LogP contribution < -0.4 is 0 Å². The summed E-state index contributed by atoms with van der Waals surface area (Å²) in [7, 11) is 0. The molecule has 0 unspecified atom stereocenters. The molecule has 0 amide bonds. The van der Waals surface area contributed by atoms with Gasteiger partial charge in [-0.15, -0.1) is 0 Å². The largest absolute Gasteiger partial charge is 0.476 e. The Balaban J connectivity index is 2.36. The number of aromatic carboxylic acids is 1. The molecular weight excluding hydrogens is 337 g/mol. The smallest absolute Gasteiger partial charge is 0.363 e. The summed E-state index contributed by atoms with van der Waals surface area (Å²) in [6.45, 7) is 0.0183. The summed E-state index contributed by atoms with van der Waals surface area (Å²) in [4.78, 5) is 20.7. The van der Waals surface area contributed by atoms with Gasteiger partial charge in [0, 0.05) is 4.47 Å². The van der Waals surface area contributed by atoms with E-state index >= 15 is 0 Å². The van der Waals surface area contributed by atoms with Gasteiger partial charge >= 0.3 is 11.7 Å². The van der Waals surface area contributed by atoms with Crippen molar-refractivity contribution in [1.82, 2.24) is 9.78 Å². The monoisotopic (exact) mass is 343 g/mol. The maximum absolute atomic E-state index is 13.2. The highest BCUT2D eigenvalue weighted by Crippen LogP contribution is 2.19. The summed E-state index contributed by atoms with van der Waals surface area (Å²) in [6, 6.07) is 4.10. The molecule has 0 aliphatic rings. The van der Waals surface area contributed by atoms with Crippen molar-refractivity contribution in [2.45, 2.75) is 6.54 Å². The van der Waals surface area contributed by atoms with Gasteiger partial charge in [0.15, 0.2) is 0 Å². The van der Waals surface area contributed by atoms with Crippen molar-refractivity contribution in [3.8, 4) is 0 Å². The summed E-state index contributed by atoms with van der Waals surface area (Å²) < 4.78 is 14.8. The van der Waals surface area contributed by atoms with Crippen LogP contribution >= 0.6 is 15.9 Å². The van der Waals surface area contributed by atoms with E-state index in [1.807, 2.05) is 0 Å². The highest BCUT2D eigenvalue weighted by atomic mass is 79.9. The van der Waals surface area contributed by atoms with Crippen LogP contribution in [-0.2, 0) is 6.54 Å². The molecule has 0 aliphatic heterocycles. The number of carboxylic acid groups (broad SMARTS) is 1. The zero-order valence-corrected chi connectivity index (χ0v) is 11.4. The molecule has 2 aromatic rings. The Morgan fingerprint density at radius 1 is 1.50 bits per heavy atom. The van der Waals surface area contributed by atoms with Crippen molar-refractivity contribution in [2.24, 2.45) is 0 Å². The number of nitro groups is 1. The van der Waals surface area contributed by atoms with E-state index in [1.54, 1.807) is 6.07 Å². The van der Waals surface area contributed by atoms with Crippen LogP contribution in [0.4, 0.5) is 10.1 Å². The van der Waals surface area contributed by atoms with Crippen molar-refractivity contribution in [3.63, 3.8) is 0 Å². The average Bonchev–Trinajstić information content (AvgIpc) is 2.71. The molecule has 0 fully saturated rings. The Hall–Kier alpha value is -2.29. The summed E-state index contributed by atoms with van der Waals surface area (Å²) in [5.41, 5.74) is -0.760. The fourth-order valence-corrected chi connectivity index (χ4v) is 2.18. The number of carbonyl (C=O) groups is 1. The quantitative estimate of drug-likeness (QED) is 0.679. The Morgan fingerprint density at radius 3 is 2.70 bits per heavy atom. The lowest BCUT2D eigenvalue weighted by molar-refractivity contribution is -0.385. The molecule has 0 radical (unpaired) electrons. The topological polar surface area (TPSA) is 98.3 Å². The fraction of sp³-hybridized carbons (Fsp3) is 0.0909. The van der Waals surface area contributed by atoms with Crippen molar-refractivity contribution in [3.05, 3.63) is 56.1 Å². The van der Waals surface area contributed by atoms with Gasteiger partial charge in [-0.25, -0.2) is 9.18 Å². The molecule has 0 bridgehead atoms. The number of carboxylic acids is 1. The highest BCUT2D eigenvalue weighted by molar-refractivity contribution is 9.10. The first-order chi connectivity index (χ1) is 9.36. The molecule has 1 N–H and O–H groups in total. The van der Waals surface area contributed by atoms with Gasteiger partial charge in [0.1, 0.15) is 12.0 Å². The summed E-state index contributed by atoms with van der Waals surface area (Å²) >= 11 is 3.12. The lowest BCUT2D eigenvalue weighted by Crippen LogP contribution is -2.04. The molecule has 0 saturated carbocycles. The molecule has 0 spiro atoms. The van der Waals surface area contributed by atoms with E-state index in [1.165, 1.54) is 12.1 Å². The minimum absolute atomic E-state index is 0.0183. The van der Waals surface area contributed by atoms with Gasteiger partial charge in [0.05, 0.1) is 11.5 Å². The van der Waals surface area contributed by atoms with Gasteiger partial charge < -0.3 is 5.11 Å². The van der Waals surface area contributed by atoms with Gasteiger partial charge in [-0.05, 0) is 23.8 Å². The van der Waals surface area contributed by atoms with Crippen LogP contribution in [0.15, 0.2) is 28.9 Å². The van der Waals surface area contributed by atoms with E-state index in [4.69, 9.17) is 5.11 Å². The first kappa shape index (κ1) is 14.1. The molecule has 0 atom stereocenters. The second kappa shape index (κ2) is 5.37. The lowest BCUT2D eigenvalue weighted by atomic mass is 10.2. The SMILES string of the molecule is O=C(O)c1nn(Cc2cc(F)cc(Br)c2)cc1[N+](=O)[O-]. The minimum atomic E-state index is -1.49. The van der Waals surface area contributed by atoms with Gasteiger partial charge in [-0.2, -0.15) is 5.10 Å². The molecule has 0 saturated heterocycles. The third-order valence-corrected chi connectivity index (χ3v) is 2.87. The molecule has 9 heteroatoms. The van der Waals surface area contributed by atoms with Crippen molar-refractivity contribution in [2.75, 3.05) is 0 Å². The van der Waals surface area contributed by atoms with Gasteiger partial charge in [-0.3, -0.25) is 14.8 Å². The molecular formula is C11H7BrFN3O4. The zero-order valence-electron chi connectivity index (χ0n) is 9.79. The maximum Gasteiger partial charge on any atom is 0.363 e. The summed E-state index contributed by atoms with van der Waals surface area (Å²) in [5, 5.41) is 23.2. The molecule has 0 aliphatic carbocycles. The average molecular weight is 344 g/mol. The second-order valence-electron chi connectivity index (χ2n) is 3.90. The second-order valence-corrected chi connectivity index (χ2v) is 4.82. The molecule has 20 heavy (non-hydrogen) atoms. The van der Waals surface area contributed by atoms with E-state index in [2.05, 4.69) is 21.0 Å². The first-order valence-electron chi connectivity index (χ1n) is 5.27. The third kappa shape index (κ3) is 2.99. The Bertz CT molecular complexity index is 649. The lowest BCUT2D eigenvalue weighted by Gasteiger charge is -2.02. The predicted octanol–water partition coefficient (Wildman–Crippen LogP) is 2.44. The van der Waals surface area contributed by atoms with E-state index in [0.717, 1.165) is 10.9 Å². The molecule has 1 heterocycles. The van der Waals surface area contributed by atoms with Gasteiger partial charge in [0.25, 0.3) is 0 Å². The van der Waals surface area contributed by atoms with Crippen LogP contribution in [-0.4, -0.2) is 25.8 Å². The number of rotatable bonds is 4. The number of halogens is 2. The van der Waals surface area contributed by atoms with Crippen LogP contribution in [0.25, 0.3) is 0 Å². The predicted molar refractivity (Wildman–Crippen MR) is 69.0 cm³/mol. The molecule has 7 nitrogen and oxygen atoms in total. The van der Waals surface area contributed by atoms with E-state index in [-0.39, 0.29) is 6.54 Å². The van der Waals surface area contributed by atoms with Gasteiger partial charge in [-0.1, -0.05) is 15.9 Å². The number of hydrogen-bond acceptors (Lipinski definition) is 4. The Kier molecular flexibility index (Phi) is 3.79.